The molecular weight excluding hydrogens is 613 g/mol. The molecular formula is C51H72. The fourth-order valence-electron chi connectivity index (χ4n) is 7.72. The van der Waals surface area contributed by atoms with Crippen molar-refractivity contribution in [3.63, 3.8) is 0 Å². The first kappa shape index (κ1) is 40.6. The van der Waals surface area contributed by atoms with Crippen LogP contribution in [-0.2, 0) is 5.41 Å². The maximum absolute atomic E-state index is 2.60. The average Bonchev–Trinajstić information content (AvgIpc) is 3.07. The molecule has 0 aliphatic carbocycles. The van der Waals surface area contributed by atoms with Crippen LogP contribution >= 0.6 is 0 Å². The van der Waals surface area contributed by atoms with Gasteiger partial charge in [0.25, 0.3) is 0 Å². The van der Waals surface area contributed by atoms with E-state index in [1.54, 1.807) is 0 Å². The van der Waals surface area contributed by atoms with Gasteiger partial charge in [-0.1, -0.05) is 190 Å². The summed E-state index contributed by atoms with van der Waals surface area (Å²) in [5.41, 5.74) is 16.8. The van der Waals surface area contributed by atoms with Gasteiger partial charge in [0.05, 0.1) is 0 Å². The predicted molar refractivity (Wildman–Crippen MR) is 227 cm³/mol. The zero-order valence-corrected chi connectivity index (χ0v) is 35.6. The predicted octanol–water partition coefficient (Wildman–Crippen LogP) is 15.8. The van der Waals surface area contributed by atoms with Crippen molar-refractivity contribution in [2.75, 3.05) is 0 Å². The van der Waals surface area contributed by atoms with E-state index in [0.29, 0.717) is 47.3 Å². The Morgan fingerprint density at radius 2 is 0.412 bits per heavy atom. The summed E-state index contributed by atoms with van der Waals surface area (Å²) in [6, 6.07) is 30.5. The lowest BCUT2D eigenvalue weighted by molar-refractivity contribution is 0.492. The zero-order valence-electron chi connectivity index (χ0n) is 35.6. The van der Waals surface area contributed by atoms with E-state index < -0.39 is 0 Å². The highest BCUT2D eigenvalue weighted by molar-refractivity contribution is 5.56. The fraction of sp³-hybridized carbons (Fsp3) is 0.529. The van der Waals surface area contributed by atoms with Crippen LogP contribution < -0.4 is 0 Å². The number of rotatable bonds is 13. The molecule has 0 bridgehead atoms. The highest BCUT2D eigenvalue weighted by atomic mass is 14.4. The van der Waals surface area contributed by atoms with Gasteiger partial charge >= 0.3 is 0 Å². The van der Waals surface area contributed by atoms with Gasteiger partial charge in [0.1, 0.15) is 0 Å². The van der Waals surface area contributed by atoms with Crippen LogP contribution in [0.2, 0.25) is 0 Å². The molecule has 0 aromatic heterocycles. The highest BCUT2D eigenvalue weighted by Crippen LogP contribution is 2.51. The maximum Gasteiger partial charge on any atom is 0.0284 e. The molecule has 51 heavy (non-hydrogen) atoms. The first-order valence-corrected chi connectivity index (χ1v) is 20.3. The molecule has 0 aliphatic heterocycles. The lowest BCUT2D eigenvalue weighted by Gasteiger charge is -2.42. The molecule has 4 aromatic carbocycles. The Morgan fingerprint density at radius 3 is 0.588 bits per heavy atom. The third kappa shape index (κ3) is 8.92. The third-order valence-corrected chi connectivity index (χ3v) is 11.7. The molecule has 0 fully saturated rings. The van der Waals surface area contributed by atoms with Crippen molar-refractivity contribution in [3.05, 3.63) is 140 Å². The molecule has 4 rings (SSSR count). The first-order valence-electron chi connectivity index (χ1n) is 20.3. The van der Waals surface area contributed by atoms with Crippen LogP contribution in [0.25, 0.3) is 0 Å². The van der Waals surface area contributed by atoms with Crippen molar-refractivity contribution in [2.45, 2.75) is 176 Å². The van der Waals surface area contributed by atoms with Gasteiger partial charge in [0.2, 0.25) is 0 Å². The Kier molecular flexibility index (Phi) is 13.0. The SMILES string of the molecule is CC(C)c1cc(C(C)C)cc(C(c2cc(C(C)C)cc(C(C)C)c2)C(C)(c2cc(C(C)C)cc(C(C)C)c2)c2cc(C(C)C)cc(C(C)C)c2)c1. The summed E-state index contributed by atoms with van der Waals surface area (Å²) >= 11 is 0. The Balaban J connectivity index is 2.34. The Labute approximate surface area is 314 Å². The van der Waals surface area contributed by atoms with Gasteiger partial charge in [-0.3, -0.25) is 0 Å². The van der Waals surface area contributed by atoms with E-state index in [-0.39, 0.29) is 11.3 Å². The van der Waals surface area contributed by atoms with Crippen molar-refractivity contribution >= 4 is 0 Å². The molecule has 0 radical (unpaired) electrons. The van der Waals surface area contributed by atoms with Crippen LogP contribution in [0.4, 0.5) is 0 Å². The lowest BCUT2D eigenvalue weighted by atomic mass is 9.60. The largest absolute Gasteiger partial charge is 0.0587 e. The molecule has 0 amide bonds. The van der Waals surface area contributed by atoms with E-state index >= 15 is 0 Å². The molecule has 0 saturated heterocycles. The number of hydrogen-bond acceptors (Lipinski definition) is 0. The van der Waals surface area contributed by atoms with E-state index in [1.165, 1.54) is 66.8 Å². The quantitative estimate of drug-likeness (QED) is 0.131. The molecule has 4 aromatic rings. The smallest absolute Gasteiger partial charge is 0.0284 e. The van der Waals surface area contributed by atoms with Crippen LogP contribution in [0, 0.1) is 0 Å². The minimum atomic E-state index is -0.364. The van der Waals surface area contributed by atoms with Crippen LogP contribution in [0.5, 0.6) is 0 Å². The summed E-state index contributed by atoms with van der Waals surface area (Å²) in [6.45, 7) is 40.3. The van der Waals surface area contributed by atoms with Crippen molar-refractivity contribution in [2.24, 2.45) is 0 Å². The second kappa shape index (κ2) is 16.3. The summed E-state index contributed by atoms with van der Waals surface area (Å²) in [6.07, 6.45) is 0. The number of benzene rings is 4. The Morgan fingerprint density at radius 1 is 0.255 bits per heavy atom. The second-order valence-electron chi connectivity index (χ2n) is 18.5. The van der Waals surface area contributed by atoms with Crippen molar-refractivity contribution in [3.8, 4) is 0 Å². The van der Waals surface area contributed by atoms with Gasteiger partial charge in [-0.25, -0.2) is 0 Å². The van der Waals surface area contributed by atoms with Crippen molar-refractivity contribution < 1.29 is 0 Å². The maximum atomic E-state index is 2.60. The van der Waals surface area contributed by atoms with E-state index in [2.05, 4.69) is 190 Å². The molecule has 0 atom stereocenters. The monoisotopic (exact) mass is 685 g/mol. The van der Waals surface area contributed by atoms with Crippen molar-refractivity contribution in [1.82, 2.24) is 0 Å². The van der Waals surface area contributed by atoms with E-state index in [1.807, 2.05) is 0 Å². The summed E-state index contributed by atoms with van der Waals surface area (Å²) in [4.78, 5) is 0. The van der Waals surface area contributed by atoms with Crippen LogP contribution in [0.15, 0.2) is 72.8 Å². The molecule has 0 saturated carbocycles. The minimum Gasteiger partial charge on any atom is -0.0587 e. The topological polar surface area (TPSA) is 0 Å². The van der Waals surface area contributed by atoms with E-state index in [0.717, 1.165) is 0 Å². The standard InChI is InChI=1S/C51H72/c1-30(2)38-18-39(31(3)4)23-46(22-38)50(47-24-40(32(5)6)19-41(25-47)33(7)8)51(17,48-26-42(34(9)10)20-43(27-48)35(11)12)49-28-44(36(13)14)21-45(29-49)37(15)16/h18-37,50H,1-17H3. The van der Waals surface area contributed by atoms with Gasteiger partial charge in [-0.05, 0) is 114 Å². The molecule has 0 nitrogen and oxygen atoms in total. The lowest BCUT2D eigenvalue weighted by Crippen LogP contribution is -2.34. The van der Waals surface area contributed by atoms with Gasteiger partial charge in [-0.15, -0.1) is 0 Å². The third-order valence-electron chi connectivity index (χ3n) is 11.7. The molecule has 0 N–H and O–H groups in total. The van der Waals surface area contributed by atoms with E-state index in [9.17, 15) is 0 Å². The van der Waals surface area contributed by atoms with E-state index in [4.69, 9.17) is 0 Å². The molecule has 0 heteroatoms. The Hall–Kier alpha value is -3.12. The van der Waals surface area contributed by atoms with Gasteiger partial charge in [-0.2, -0.15) is 0 Å². The Bertz CT molecular complexity index is 1540. The van der Waals surface area contributed by atoms with Gasteiger partial charge < -0.3 is 0 Å². The molecule has 0 unspecified atom stereocenters. The molecule has 0 spiro atoms. The van der Waals surface area contributed by atoms with Crippen LogP contribution in [-0.4, -0.2) is 0 Å². The average molecular weight is 685 g/mol. The van der Waals surface area contributed by atoms with Gasteiger partial charge in [0.15, 0.2) is 0 Å². The van der Waals surface area contributed by atoms with Crippen LogP contribution in [0.1, 0.15) is 238 Å². The summed E-state index contributed by atoms with van der Waals surface area (Å²) in [7, 11) is 0. The summed E-state index contributed by atoms with van der Waals surface area (Å²) in [5, 5.41) is 0. The fourth-order valence-corrected chi connectivity index (χ4v) is 7.72. The molecule has 0 aliphatic rings. The minimum absolute atomic E-state index is 0.0924. The summed E-state index contributed by atoms with van der Waals surface area (Å²) in [5.74, 6) is 3.60. The summed E-state index contributed by atoms with van der Waals surface area (Å²) < 4.78 is 0. The first-order chi connectivity index (χ1) is 23.7. The highest BCUT2D eigenvalue weighted by Gasteiger charge is 2.42. The zero-order chi connectivity index (χ0) is 38.1. The van der Waals surface area contributed by atoms with Crippen LogP contribution in [0.3, 0.4) is 0 Å². The molecule has 0 heterocycles. The number of hydrogen-bond donors (Lipinski definition) is 0. The second-order valence-corrected chi connectivity index (χ2v) is 18.5. The van der Waals surface area contributed by atoms with Crippen molar-refractivity contribution in [1.29, 1.82) is 0 Å². The normalized spacial score (nSPS) is 12.8. The van der Waals surface area contributed by atoms with Gasteiger partial charge in [0, 0.05) is 11.3 Å². The molecule has 276 valence electrons.